The first-order valence-corrected chi connectivity index (χ1v) is 10.4. The third kappa shape index (κ3) is 4.61. The smallest absolute Gasteiger partial charge is 0.410 e. The number of carbonyl (C=O) groups excluding carboxylic acids is 2. The van der Waals surface area contributed by atoms with E-state index in [2.05, 4.69) is 24.5 Å². The van der Waals surface area contributed by atoms with Crippen molar-refractivity contribution in [2.45, 2.75) is 0 Å². The maximum absolute atomic E-state index is 14.0. The Morgan fingerprint density at radius 2 is 1.09 bits per heavy atom. The lowest BCUT2D eigenvalue weighted by molar-refractivity contribution is 0.200. The van der Waals surface area contributed by atoms with Gasteiger partial charge in [-0.05, 0) is 71.8 Å². The first kappa shape index (κ1) is 23.0. The molecule has 2 amide bonds. The molecule has 0 spiro atoms. The molecule has 8 heteroatoms. The summed E-state index contributed by atoms with van der Waals surface area (Å²) in [5.41, 5.74) is 0.734. The maximum atomic E-state index is 14.0. The number of rotatable bonds is 5. The van der Waals surface area contributed by atoms with Crippen LogP contribution in [-0.2, 0) is 0 Å². The van der Waals surface area contributed by atoms with Crippen molar-refractivity contribution >= 4 is 33.7 Å². The lowest BCUT2D eigenvalue weighted by Crippen LogP contribution is -2.27. The molecule has 172 valence electrons. The molecule has 0 aromatic heterocycles. The molecule has 6 nitrogen and oxygen atoms in total. The second-order valence-electron chi connectivity index (χ2n) is 7.24. The Balaban J connectivity index is 2.06. The van der Waals surface area contributed by atoms with E-state index >= 15 is 0 Å². The highest BCUT2D eigenvalue weighted by atomic mass is 19.1. The largest absolute Gasteiger partial charge is 0.412 e. The minimum Gasteiger partial charge on any atom is -0.410 e. The molecular formula is C26H20F2N2O4. The van der Waals surface area contributed by atoms with Crippen molar-refractivity contribution in [1.29, 1.82) is 0 Å². The van der Waals surface area contributed by atoms with Crippen molar-refractivity contribution in [2.24, 2.45) is 0 Å². The molecule has 0 heterocycles. The van der Waals surface area contributed by atoms with Crippen LogP contribution in [0.15, 0.2) is 60.7 Å². The van der Waals surface area contributed by atoms with Crippen molar-refractivity contribution in [2.75, 3.05) is 13.1 Å². The average Bonchev–Trinajstić information content (AvgIpc) is 2.79. The molecule has 0 fully saturated rings. The van der Waals surface area contributed by atoms with Gasteiger partial charge in [0.05, 0.1) is 0 Å². The fraction of sp³-hybridized carbons (Fsp3) is 0.0769. The van der Waals surface area contributed by atoms with E-state index in [9.17, 15) is 18.4 Å². The lowest BCUT2D eigenvalue weighted by Gasteiger charge is -2.19. The summed E-state index contributed by atoms with van der Waals surface area (Å²) in [4.78, 5) is 24.5. The lowest BCUT2D eigenvalue weighted by atomic mass is 9.92. The quantitative estimate of drug-likeness (QED) is 0.394. The Morgan fingerprint density at radius 3 is 1.47 bits per heavy atom. The van der Waals surface area contributed by atoms with Gasteiger partial charge in [0, 0.05) is 24.2 Å². The number of fused-ring (bicyclic) bond motifs is 2. The van der Waals surface area contributed by atoms with Crippen molar-refractivity contribution < 1.29 is 27.8 Å². The Labute approximate surface area is 194 Å². The summed E-state index contributed by atoms with van der Waals surface area (Å²) >= 11 is 0. The van der Waals surface area contributed by atoms with E-state index in [1.165, 1.54) is 48.5 Å². The summed E-state index contributed by atoms with van der Waals surface area (Å²) in [5, 5.41) is 7.01. The number of benzene rings is 4. The Bertz CT molecular complexity index is 1300. The minimum atomic E-state index is -0.749. The highest BCUT2D eigenvalue weighted by Gasteiger charge is 2.22. The summed E-state index contributed by atoms with van der Waals surface area (Å²) in [7, 11) is 0. The van der Waals surface area contributed by atoms with Crippen LogP contribution in [0.1, 0.15) is 0 Å². The van der Waals surface area contributed by atoms with Gasteiger partial charge in [-0.15, -0.1) is 0 Å². The number of amides is 2. The zero-order valence-corrected chi connectivity index (χ0v) is 18.0. The first-order valence-electron chi connectivity index (χ1n) is 10.4. The van der Waals surface area contributed by atoms with Gasteiger partial charge in [-0.3, -0.25) is 0 Å². The van der Waals surface area contributed by atoms with Crippen LogP contribution in [0.3, 0.4) is 0 Å². The second-order valence-corrected chi connectivity index (χ2v) is 7.24. The third-order valence-corrected chi connectivity index (χ3v) is 5.08. The van der Waals surface area contributed by atoms with E-state index < -0.39 is 23.8 Å². The number of ether oxygens (including phenoxy) is 2. The van der Waals surface area contributed by atoms with Crippen molar-refractivity contribution in [3.05, 3.63) is 86.1 Å². The van der Waals surface area contributed by atoms with E-state index in [4.69, 9.17) is 9.47 Å². The second kappa shape index (κ2) is 9.74. The molecule has 0 atom stereocenters. The van der Waals surface area contributed by atoms with Crippen LogP contribution in [0.2, 0.25) is 0 Å². The van der Waals surface area contributed by atoms with E-state index in [1.54, 1.807) is 12.1 Å². The van der Waals surface area contributed by atoms with Gasteiger partial charge in [0.15, 0.2) is 0 Å². The fourth-order valence-corrected chi connectivity index (χ4v) is 3.72. The van der Waals surface area contributed by atoms with E-state index in [-0.39, 0.29) is 24.6 Å². The van der Waals surface area contributed by atoms with Crippen molar-refractivity contribution in [3.63, 3.8) is 0 Å². The van der Waals surface area contributed by atoms with Crippen LogP contribution in [0.25, 0.3) is 32.7 Å². The van der Waals surface area contributed by atoms with Crippen LogP contribution in [-0.4, -0.2) is 25.3 Å². The normalized spacial score (nSPS) is 10.8. The highest BCUT2D eigenvalue weighted by Crippen LogP contribution is 2.45. The summed E-state index contributed by atoms with van der Waals surface area (Å²) in [6, 6.07) is 14.5. The molecule has 0 unspecified atom stereocenters. The van der Waals surface area contributed by atoms with Gasteiger partial charge >= 0.3 is 12.2 Å². The zero-order chi connectivity index (χ0) is 24.2. The molecule has 0 aliphatic rings. The van der Waals surface area contributed by atoms with Crippen molar-refractivity contribution in [1.82, 2.24) is 10.6 Å². The Hall–Kier alpha value is -4.20. The highest BCUT2D eigenvalue weighted by molar-refractivity contribution is 6.10. The Kier molecular flexibility index (Phi) is 6.58. The maximum Gasteiger partial charge on any atom is 0.412 e. The molecule has 4 aromatic rings. The van der Waals surface area contributed by atoms with E-state index in [1.807, 2.05) is 0 Å². The average molecular weight is 462 g/mol. The molecular weight excluding hydrogens is 442 g/mol. The van der Waals surface area contributed by atoms with Gasteiger partial charge in [0.25, 0.3) is 0 Å². The van der Waals surface area contributed by atoms with Crippen LogP contribution in [0, 0.1) is 25.5 Å². The molecule has 0 aliphatic heterocycles. The Morgan fingerprint density at radius 1 is 0.676 bits per heavy atom. The monoisotopic (exact) mass is 462 g/mol. The number of carbonyl (C=O) groups is 2. The standard InChI is InChI=1S/C26H20F2N2O4/c1-3-29-25(31)33-21-11-5-15-13-17(27)7-9-19(15)23(21)24-20-10-8-18(28)14-16(20)6-12-22(24)34-26(32)30-4-2/h5-14H,1-4H2,(H,29,31)(H,30,32). The van der Waals surface area contributed by atoms with Crippen LogP contribution in [0.4, 0.5) is 18.4 Å². The van der Waals surface area contributed by atoms with Gasteiger partial charge in [0.2, 0.25) is 0 Å². The number of hydrogen-bond acceptors (Lipinski definition) is 4. The fourth-order valence-electron chi connectivity index (χ4n) is 3.72. The number of nitrogens with one attached hydrogen (secondary N) is 2. The van der Waals surface area contributed by atoms with Gasteiger partial charge in [-0.25, -0.2) is 18.4 Å². The van der Waals surface area contributed by atoms with Crippen LogP contribution >= 0.6 is 0 Å². The summed E-state index contributed by atoms with van der Waals surface area (Å²) in [6.07, 6.45) is -1.50. The zero-order valence-electron chi connectivity index (χ0n) is 18.0. The van der Waals surface area contributed by atoms with E-state index in [0.29, 0.717) is 32.7 Å². The predicted octanol–water partition coefficient (Wildman–Crippen LogP) is 5.78. The number of halogens is 2. The van der Waals surface area contributed by atoms with Gasteiger partial charge in [-0.1, -0.05) is 24.3 Å². The predicted molar refractivity (Wildman–Crippen MR) is 126 cm³/mol. The molecule has 0 aliphatic carbocycles. The van der Waals surface area contributed by atoms with Crippen molar-refractivity contribution in [3.8, 4) is 22.6 Å². The molecule has 34 heavy (non-hydrogen) atoms. The molecule has 4 aromatic carbocycles. The first-order chi connectivity index (χ1) is 16.4. The van der Waals surface area contributed by atoms with Gasteiger partial charge in [0.1, 0.15) is 23.1 Å². The SMILES string of the molecule is [CH2]CNC(=O)Oc1ccc2cc(F)ccc2c1-c1c(OC(=O)NC[CH2])ccc2cc(F)ccc12. The molecule has 0 saturated carbocycles. The minimum absolute atomic E-state index is 0.0973. The topological polar surface area (TPSA) is 76.7 Å². The van der Waals surface area contributed by atoms with E-state index in [0.717, 1.165) is 0 Å². The summed E-state index contributed by atoms with van der Waals surface area (Å²) < 4.78 is 39.0. The molecule has 4 rings (SSSR count). The summed E-state index contributed by atoms with van der Waals surface area (Å²) in [6.45, 7) is 7.32. The molecule has 2 radical (unpaired) electrons. The molecule has 0 saturated heterocycles. The summed E-state index contributed by atoms with van der Waals surface area (Å²) in [5.74, 6) is -0.644. The van der Waals surface area contributed by atoms with Crippen LogP contribution in [0.5, 0.6) is 11.5 Å². The third-order valence-electron chi connectivity index (χ3n) is 5.08. The number of hydrogen-bond donors (Lipinski definition) is 2. The van der Waals surface area contributed by atoms with Crippen LogP contribution < -0.4 is 20.1 Å². The van der Waals surface area contributed by atoms with Gasteiger partial charge < -0.3 is 20.1 Å². The molecule has 2 N–H and O–H groups in total. The molecule has 0 bridgehead atoms. The van der Waals surface area contributed by atoms with Gasteiger partial charge in [-0.2, -0.15) is 0 Å².